The van der Waals surface area contributed by atoms with Gasteiger partial charge in [-0.15, -0.1) is 0 Å². The lowest BCUT2D eigenvalue weighted by Crippen LogP contribution is -2.74. The van der Waals surface area contributed by atoms with E-state index in [0.29, 0.717) is 43.3 Å². The number of ketones is 1. The maximum absolute atomic E-state index is 14.1. The van der Waals surface area contributed by atoms with Crippen LogP contribution >= 0.6 is 0 Å². The van der Waals surface area contributed by atoms with Crippen LogP contribution in [0.2, 0.25) is 0 Å². The molecule has 5 aliphatic heterocycles. The molecule has 1 saturated carbocycles. The lowest BCUT2D eigenvalue weighted by atomic mass is 9.52. The highest BCUT2D eigenvalue weighted by molar-refractivity contribution is 6.07. The Balaban J connectivity index is 1.54. The van der Waals surface area contributed by atoms with E-state index in [4.69, 9.17) is 18.9 Å². The summed E-state index contributed by atoms with van der Waals surface area (Å²) in [6.07, 6.45) is -0.0648. The Morgan fingerprint density at radius 1 is 1.22 bits per heavy atom. The molecule has 0 radical (unpaired) electrons. The number of rotatable bonds is 2. The Kier molecular flexibility index (Phi) is 3.51. The molecule has 1 aromatic carbocycles. The summed E-state index contributed by atoms with van der Waals surface area (Å²) in [6.45, 7) is 1.36. The van der Waals surface area contributed by atoms with Crippen molar-refractivity contribution in [3.63, 3.8) is 0 Å². The van der Waals surface area contributed by atoms with Crippen molar-refractivity contribution in [2.45, 2.75) is 54.1 Å². The van der Waals surface area contributed by atoms with Crippen molar-refractivity contribution < 1.29 is 33.6 Å². The van der Waals surface area contributed by atoms with Gasteiger partial charge in [-0.05, 0) is 24.6 Å². The van der Waals surface area contributed by atoms with Crippen molar-refractivity contribution in [1.29, 1.82) is 0 Å². The molecule has 1 spiro atoms. The average Bonchev–Trinajstić information content (AvgIpc) is 3.42. The third kappa shape index (κ3) is 1.89. The van der Waals surface area contributed by atoms with Crippen LogP contribution in [0.4, 0.5) is 5.69 Å². The van der Waals surface area contributed by atoms with Crippen molar-refractivity contribution in [2.24, 2.45) is 5.92 Å². The highest BCUT2D eigenvalue weighted by Crippen LogP contribution is 2.66. The Hall–Kier alpha value is -2.20. The number of fused-ring (bicyclic) bond motifs is 2. The number of ether oxygens (including phenoxy) is 4. The first-order valence-electron chi connectivity index (χ1n) is 11.3. The van der Waals surface area contributed by atoms with Gasteiger partial charge in [-0.2, -0.15) is 0 Å². The number of nitrogens with one attached hydrogen (secondary N) is 1. The molecule has 0 aromatic heterocycles. The van der Waals surface area contributed by atoms with Gasteiger partial charge in [0.2, 0.25) is 5.91 Å². The molecule has 2 N–H and O–H groups in total. The number of aliphatic hydroxyl groups is 1. The zero-order valence-corrected chi connectivity index (χ0v) is 18.1. The van der Waals surface area contributed by atoms with Crippen LogP contribution in [0.15, 0.2) is 12.1 Å². The minimum atomic E-state index is -1.41. The largest absolute Gasteiger partial charge is 0.493 e. The average molecular weight is 442 g/mol. The van der Waals surface area contributed by atoms with Gasteiger partial charge >= 0.3 is 0 Å². The molecule has 5 fully saturated rings. The number of nitrogens with zero attached hydrogens (tertiary/aromatic N) is 1. The molecule has 9 heteroatoms. The van der Waals surface area contributed by atoms with E-state index in [9.17, 15) is 14.7 Å². The molecule has 1 aliphatic carbocycles. The highest BCUT2D eigenvalue weighted by atomic mass is 16.7. The summed E-state index contributed by atoms with van der Waals surface area (Å²) in [5.74, 6) is 0.438. The van der Waals surface area contributed by atoms with Gasteiger partial charge in [-0.3, -0.25) is 9.59 Å². The van der Waals surface area contributed by atoms with E-state index in [1.807, 2.05) is 6.07 Å². The van der Waals surface area contributed by atoms with Crippen LogP contribution in [0.3, 0.4) is 0 Å². The van der Waals surface area contributed by atoms with Crippen LogP contribution in [-0.2, 0) is 24.5 Å². The summed E-state index contributed by atoms with van der Waals surface area (Å²) >= 11 is 0. The highest BCUT2D eigenvalue weighted by Gasteiger charge is 2.81. The number of benzene rings is 1. The summed E-state index contributed by atoms with van der Waals surface area (Å²) in [5, 5.41) is 15.7. The fourth-order valence-corrected chi connectivity index (χ4v) is 7.58. The third-order valence-electron chi connectivity index (χ3n) is 8.98. The van der Waals surface area contributed by atoms with Gasteiger partial charge in [0.1, 0.15) is 23.1 Å². The van der Waals surface area contributed by atoms with Crippen molar-refractivity contribution in [2.75, 3.05) is 38.8 Å². The number of hydrogen-bond donors (Lipinski definition) is 2. The SMILES string of the molecule is COc1cc2c(cc1OC)C13CCNCC45OC4COC4CC(=O)N2C1C4C5(O)CC3=O. The molecule has 6 aliphatic rings. The molecule has 4 bridgehead atoms. The van der Waals surface area contributed by atoms with Crippen molar-refractivity contribution in [3.05, 3.63) is 17.7 Å². The Bertz CT molecular complexity index is 1080. The van der Waals surface area contributed by atoms with Gasteiger partial charge in [-0.25, -0.2) is 0 Å². The molecule has 7 rings (SSSR count). The lowest BCUT2D eigenvalue weighted by Gasteiger charge is -2.57. The minimum Gasteiger partial charge on any atom is -0.493 e. The summed E-state index contributed by atoms with van der Waals surface area (Å²) in [7, 11) is 3.11. The molecular formula is C23H26N2O7. The first-order valence-corrected chi connectivity index (χ1v) is 11.3. The topological polar surface area (TPSA) is 110 Å². The number of epoxide rings is 1. The number of methoxy groups -OCH3 is 2. The van der Waals surface area contributed by atoms with Crippen molar-refractivity contribution in [3.8, 4) is 11.5 Å². The van der Waals surface area contributed by atoms with E-state index in [2.05, 4.69) is 5.32 Å². The standard InChI is InChI=1S/C23H26N2O7/c1-29-13-5-11-12(6-14(13)30-2)25-18(27)7-15-19-20(25)21(11)3-4-24-10-23(17(32-23)9-31-15)22(19,28)8-16(21)26/h5-6,15,17,19-20,24,28H,3-4,7-10H2,1-2H3. The monoisotopic (exact) mass is 442 g/mol. The van der Waals surface area contributed by atoms with Crippen LogP contribution < -0.4 is 19.7 Å². The Labute approximate surface area is 184 Å². The number of amides is 1. The number of Topliss-reactive ketones (excluding diaryl/α,β-unsaturated/α-hetero) is 1. The lowest BCUT2D eigenvalue weighted by molar-refractivity contribution is -0.181. The van der Waals surface area contributed by atoms with Gasteiger partial charge < -0.3 is 34.3 Å². The van der Waals surface area contributed by atoms with Gasteiger partial charge in [0.05, 0.1) is 50.5 Å². The Morgan fingerprint density at radius 2 is 2.00 bits per heavy atom. The molecule has 7 atom stereocenters. The van der Waals surface area contributed by atoms with Gasteiger partial charge in [0.15, 0.2) is 11.5 Å². The van der Waals surface area contributed by atoms with Crippen LogP contribution in [0.1, 0.15) is 24.8 Å². The normalized spacial score (nSPS) is 45.3. The van der Waals surface area contributed by atoms with Gasteiger partial charge in [-0.1, -0.05) is 0 Å². The summed E-state index contributed by atoms with van der Waals surface area (Å²) in [5.41, 5.74) is -1.78. The molecule has 5 heterocycles. The number of anilines is 1. The van der Waals surface area contributed by atoms with E-state index in [1.165, 1.54) is 0 Å². The van der Waals surface area contributed by atoms with Crippen LogP contribution in [0.25, 0.3) is 0 Å². The first kappa shape index (κ1) is 19.3. The van der Waals surface area contributed by atoms with Gasteiger partial charge in [0, 0.05) is 24.9 Å². The zero-order chi connectivity index (χ0) is 22.0. The quantitative estimate of drug-likeness (QED) is 0.612. The molecule has 9 nitrogen and oxygen atoms in total. The summed E-state index contributed by atoms with van der Waals surface area (Å²) in [6, 6.07) is 3.10. The van der Waals surface area contributed by atoms with E-state index in [0.717, 1.165) is 5.56 Å². The third-order valence-corrected chi connectivity index (χ3v) is 8.98. The maximum Gasteiger partial charge on any atom is 0.229 e. The first-order chi connectivity index (χ1) is 15.4. The summed E-state index contributed by atoms with van der Waals surface area (Å²) in [4.78, 5) is 29.4. The molecule has 1 amide bonds. The Morgan fingerprint density at radius 3 is 2.78 bits per heavy atom. The van der Waals surface area contributed by atoms with E-state index >= 15 is 0 Å². The fraction of sp³-hybridized carbons (Fsp3) is 0.652. The van der Waals surface area contributed by atoms with Crippen LogP contribution in [0.5, 0.6) is 11.5 Å². The zero-order valence-electron chi connectivity index (χ0n) is 18.1. The van der Waals surface area contributed by atoms with Crippen molar-refractivity contribution >= 4 is 17.4 Å². The van der Waals surface area contributed by atoms with Crippen molar-refractivity contribution in [1.82, 2.24) is 5.32 Å². The minimum absolute atomic E-state index is 0.0119. The molecule has 170 valence electrons. The molecule has 4 saturated heterocycles. The second kappa shape index (κ2) is 5.83. The second-order valence-corrected chi connectivity index (χ2v) is 9.95. The number of carbonyl (C=O) groups is 2. The smallest absolute Gasteiger partial charge is 0.229 e. The maximum atomic E-state index is 14.1. The van der Waals surface area contributed by atoms with Gasteiger partial charge in [0.25, 0.3) is 0 Å². The predicted molar refractivity (Wildman–Crippen MR) is 110 cm³/mol. The van der Waals surface area contributed by atoms with Crippen LogP contribution in [0, 0.1) is 5.92 Å². The number of hydrogen-bond acceptors (Lipinski definition) is 8. The molecular weight excluding hydrogens is 416 g/mol. The van der Waals surface area contributed by atoms with Crippen LogP contribution in [-0.4, -0.2) is 80.2 Å². The molecule has 7 unspecified atom stereocenters. The molecule has 32 heavy (non-hydrogen) atoms. The van der Waals surface area contributed by atoms with E-state index in [1.54, 1.807) is 25.2 Å². The van der Waals surface area contributed by atoms with E-state index in [-0.39, 0.29) is 30.6 Å². The van der Waals surface area contributed by atoms with E-state index < -0.39 is 34.7 Å². The fourth-order valence-electron chi connectivity index (χ4n) is 7.58. The number of piperidine rings is 1. The number of carbonyl (C=O) groups excluding carboxylic acids is 2. The second-order valence-electron chi connectivity index (χ2n) is 9.95. The predicted octanol–water partition coefficient (Wildman–Crippen LogP) is -0.0897. The summed E-state index contributed by atoms with van der Waals surface area (Å²) < 4.78 is 23.4. The molecule has 1 aromatic rings.